The maximum Gasteiger partial charge on any atom is 0.226 e. The molecule has 0 aliphatic heterocycles. The lowest BCUT2D eigenvalue weighted by Crippen LogP contribution is -2.22. The predicted octanol–water partition coefficient (Wildman–Crippen LogP) is 3.94. The van der Waals surface area contributed by atoms with Crippen LogP contribution in [0.5, 0.6) is 0 Å². The lowest BCUT2D eigenvalue weighted by atomic mass is 10.2. The lowest BCUT2D eigenvalue weighted by molar-refractivity contribution is 0.529. The van der Waals surface area contributed by atoms with Gasteiger partial charge in [-0.3, -0.25) is 0 Å². The van der Waals surface area contributed by atoms with E-state index in [9.17, 15) is 4.39 Å². The second kappa shape index (κ2) is 8.19. The summed E-state index contributed by atoms with van der Waals surface area (Å²) in [5.41, 5.74) is 2.59. The average Bonchev–Trinajstić information content (AvgIpc) is 3.32. The van der Waals surface area contributed by atoms with E-state index in [1.165, 1.54) is 25.0 Å². The van der Waals surface area contributed by atoms with Gasteiger partial charge in [-0.15, -0.1) is 0 Å². The van der Waals surface area contributed by atoms with Crippen LogP contribution in [-0.4, -0.2) is 32.6 Å². The summed E-state index contributed by atoms with van der Waals surface area (Å²) in [5.74, 6) is 0.437. The Bertz CT molecular complexity index is 904. The molecular weight excluding hydrogens is 367 g/mol. The van der Waals surface area contributed by atoms with E-state index < -0.39 is 0 Å². The molecule has 1 saturated carbocycles. The molecule has 3 aromatic rings. The SMILES string of the molecule is Fc1ccc(CNCCNc2nc(Cl)nc3c2ncn3C2CCCC2)cc1. The molecule has 0 bridgehead atoms. The molecule has 2 aromatic heterocycles. The highest BCUT2D eigenvalue weighted by Crippen LogP contribution is 2.32. The summed E-state index contributed by atoms with van der Waals surface area (Å²) in [6, 6.07) is 6.94. The Balaban J connectivity index is 1.37. The molecule has 0 spiro atoms. The normalized spacial score (nSPS) is 14.9. The van der Waals surface area contributed by atoms with Gasteiger partial charge in [0.15, 0.2) is 17.0 Å². The van der Waals surface area contributed by atoms with Crippen LogP contribution in [0.4, 0.5) is 10.2 Å². The van der Waals surface area contributed by atoms with Crippen LogP contribution >= 0.6 is 11.6 Å². The van der Waals surface area contributed by atoms with Crippen molar-refractivity contribution in [3.8, 4) is 0 Å². The van der Waals surface area contributed by atoms with Gasteiger partial charge in [-0.1, -0.05) is 25.0 Å². The molecule has 0 amide bonds. The fourth-order valence-electron chi connectivity index (χ4n) is 3.57. The third-order valence-electron chi connectivity index (χ3n) is 4.95. The second-order valence-corrected chi connectivity index (χ2v) is 7.17. The molecule has 1 aromatic carbocycles. The standard InChI is InChI=1S/C19H22ClFN6/c20-19-25-17(23-10-9-22-11-13-5-7-14(21)8-6-13)16-18(26-19)27(12-24-16)15-3-1-2-4-15/h5-8,12,15,22H,1-4,9-11H2,(H,23,25,26). The lowest BCUT2D eigenvalue weighted by Gasteiger charge is -2.12. The zero-order valence-corrected chi connectivity index (χ0v) is 15.7. The van der Waals surface area contributed by atoms with Crippen LogP contribution < -0.4 is 10.6 Å². The van der Waals surface area contributed by atoms with E-state index in [-0.39, 0.29) is 11.1 Å². The number of hydrogen-bond donors (Lipinski definition) is 2. The quantitative estimate of drug-likeness (QED) is 0.474. The van der Waals surface area contributed by atoms with Crippen LogP contribution in [0.15, 0.2) is 30.6 Å². The molecule has 0 radical (unpaired) electrons. The summed E-state index contributed by atoms with van der Waals surface area (Å²) in [6.07, 6.45) is 6.65. The van der Waals surface area contributed by atoms with Crippen molar-refractivity contribution >= 4 is 28.6 Å². The third-order valence-corrected chi connectivity index (χ3v) is 5.12. The minimum absolute atomic E-state index is 0.220. The Hall–Kier alpha value is -2.25. The van der Waals surface area contributed by atoms with Gasteiger partial charge < -0.3 is 15.2 Å². The Morgan fingerprint density at radius 2 is 1.89 bits per heavy atom. The first-order chi connectivity index (χ1) is 13.2. The molecular formula is C19H22ClFN6. The van der Waals surface area contributed by atoms with Gasteiger partial charge in [-0.2, -0.15) is 9.97 Å². The minimum Gasteiger partial charge on any atom is -0.367 e. The summed E-state index contributed by atoms with van der Waals surface area (Å²) >= 11 is 6.14. The first-order valence-corrected chi connectivity index (χ1v) is 9.67. The van der Waals surface area contributed by atoms with E-state index in [1.54, 1.807) is 12.1 Å². The van der Waals surface area contributed by atoms with Gasteiger partial charge in [-0.25, -0.2) is 9.37 Å². The Morgan fingerprint density at radius 3 is 2.67 bits per heavy atom. The minimum atomic E-state index is -0.220. The summed E-state index contributed by atoms with van der Waals surface area (Å²) in [4.78, 5) is 13.2. The number of imidazole rings is 1. The number of anilines is 1. The van der Waals surface area contributed by atoms with Crippen LogP contribution in [0.1, 0.15) is 37.3 Å². The fourth-order valence-corrected chi connectivity index (χ4v) is 3.73. The van der Waals surface area contributed by atoms with Crippen LogP contribution in [0.25, 0.3) is 11.2 Å². The van der Waals surface area contributed by atoms with Crippen molar-refractivity contribution in [3.63, 3.8) is 0 Å². The smallest absolute Gasteiger partial charge is 0.226 e. The van der Waals surface area contributed by atoms with Crippen molar-refractivity contribution < 1.29 is 4.39 Å². The first kappa shape index (κ1) is 18.1. The maximum atomic E-state index is 12.9. The van der Waals surface area contributed by atoms with E-state index in [0.717, 1.165) is 36.1 Å². The van der Waals surface area contributed by atoms with E-state index in [1.807, 2.05) is 6.33 Å². The zero-order chi connectivity index (χ0) is 18.6. The van der Waals surface area contributed by atoms with Gasteiger partial charge in [0, 0.05) is 25.7 Å². The van der Waals surface area contributed by atoms with Crippen molar-refractivity contribution in [3.05, 3.63) is 47.3 Å². The monoisotopic (exact) mass is 388 g/mol. The zero-order valence-electron chi connectivity index (χ0n) is 15.0. The van der Waals surface area contributed by atoms with E-state index >= 15 is 0 Å². The highest BCUT2D eigenvalue weighted by Gasteiger charge is 2.21. The second-order valence-electron chi connectivity index (χ2n) is 6.83. The van der Waals surface area contributed by atoms with Crippen LogP contribution in [0.3, 0.4) is 0 Å². The van der Waals surface area contributed by atoms with Crippen molar-refractivity contribution in [2.24, 2.45) is 0 Å². The van der Waals surface area contributed by atoms with Gasteiger partial charge in [0.2, 0.25) is 5.28 Å². The molecule has 0 unspecified atom stereocenters. The largest absolute Gasteiger partial charge is 0.367 e. The van der Waals surface area contributed by atoms with Crippen molar-refractivity contribution in [1.29, 1.82) is 0 Å². The molecule has 27 heavy (non-hydrogen) atoms. The summed E-state index contributed by atoms with van der Waals surface area (Å²) in [5, 5.41) is 6.84. The fraction of sp³-hybridized carbons (Fsp3) is 0.421. The van der Waals surface area contributed by atoms with Gasteiger partial charge in [-0.05, 0) is 42.1 Å². The molecule has 1 fully saturated rings. The average molecular weight is 389 g/mol. The van der Waals surface area contributed by atoms with E-state index in [0.29, 0.717) is 24.9 Å². The number of hydrogen-bond acceptors (Lipinski definition) is 5. The van der Waals surface area contributed by atoms with Gasteiger partial charge >= 0.3 is 0 Å². The number of nitrogens with zero attached hydrogens (tertiary/aromatic N) is 4. The topological polar surface area (TPSA) is 67.7 Å². The molecule has 2 N–H and O–H groups in total. The Kier molecular flexibility index (Phi) is 5.50. The molecule has 0 saturated heterocycles. The number of aromatic nitrogens is 4. The summed E-state index contributed by atoms with van der Waals surface area (Å²) in [6.45, 7) is 2.07. The number of halogens is 2. The van der Waals surface area contributed by atoms with E-state index in [2.05, 4.69) is 30.2 Å². The number of rotatable bonds is 7. The van der Waals surface area contributed by atoms with Crippen LogP contribution in [-0.2, 0) is 6.54 Å². The molecule has 6 nitrogen and oxygen atoms in total. The van der Waals surface area contributed by atoms with Crippen LogP contribution in [0.2, 0.25) is 5.28 Å². The van der Waals surface area contributed by atoms with Gasteiger partial charge in [0.25, 0.3) is 0 Å². The number of fused-ring (bicyclic) bond motifs is 1. The Labute approximate surface area is 162 Å². The maximum absolute atomic E-state index is 12.9. The van der Waals surface area contributed by atoms with Crippen molar-refractivity contribution in [1.82, 2.24) is 24.8 Å². The Morgan fingerprint density at radius 1 is 1.11 bits per heavy atom. The molecule has 8 heteroatoms. The van der Waals surface area contributed by atoms with Crippen molar-refractivity contribution in [2.45, 2.75) is 38.3 Å². The summed E-state index contributed by atoms with van der Waals surface area (Å²) in [7, 11) is 0. The molecule has 1 aliphatic rings. The molecule has 4 rings (SSSR count). The molecule has 1 aliphatic carbocycles. The van der Waals surface area contributed by atoms with Crippen molar-refractivity contribution in [2.75, 3.05) is 18.4 Å². The first-order valence-electron chi connectivity index (χ1n) is 9.30. The third kappa shape index (κ3) is 4.20. The number of nitrogens with one attached hydrogen (secondary N) is 2. The van der Waals surface area contributed by atoms with Gasteiger partial charge in [0.05, 0.1) is 6.33 Å². The summed E-state index contributed by atoms with van der Waals surface area (Å²) < 4.78 is 15.0. The highest BCUT2D eigenvalue weighted by atomic mass is 35.5. The molecule has 142 valence electrons. The van der Waals surface area contributed by atoms with Crippen LogP contribution in [0, 0.1) is 5.82 Å². The predicted molar refractivity (Wildman–Crippen MR) is 104 cm³/mol. The number of benzene rings is 1. The molecule has 2 heterocycles. The molecule has 0 atom stereocenters. The van der Waals surface area contributed by atoms with Gasteiger partial charge in [0.1, 0.15) is 5.82 Å². The highest BCUT2D eigenvalue weighted by molar-refractivity contribution is 6.28. The van der Waals surface area contributed by atoms with E-state index in [4.69, 9.17) is 11.6 Å².